The highest BCUT2D eigenvalue weighted by atomic mass is 16.9. The molecule has 0 spiro atoms. The van der Waals surface area contributed by atoms with Gasteiger partial charge >= 0.3 is 23.9 Å². The largest absolute Gasteiger partial charge is 0.481 e. The lowest BCUT2D eigenvalue weighted by atomic mass is 9.65. The third kappa shape index (κ3) is 10.1. The van der Waals surface area contributed by atoms with Gasteiger partial charge in [-0.3, -0.25) is 9.59 Å². The quantitative estimate of drug-likeness (QED) is 0.0611. The maximum absolute atomic E-state index is 14.7. The van der Waals surface area contributed by atoms with E-state index in [9.17, 15) is 19.8 Å². The highest BCUT2D eigenvalue weighted by Gasteiger charge is 2.86. The van der Waals surface area contributed by atoms with E-state index in [-0.39, 0.29) is 91.8 Å². The van der Waals surface area contributed by atoms with Crippen LogP contribution in [0.4, 0.5) is 0 Å². The number of aliphatic carboxylic acids is 2. The summed E-state index contributed by atoms with van der Waals surface area (Å²) in [5, 5.41) is 21.3. The molecule has 0 aromatic carbocycles. The van der Waals surface area contributed by atoms with E-state index < -0.39 is 40.9 Å². The van der Waals surface area contributed by atoms with Gasteiger partial charge in [-0.05, 0) is 81.1 Å². The predicted octanol–water partition coefficient (Wildman–Crippen LogP) is 5.94. The Morgan fingerprint density at radius 2 is 0.792 bits per heavy atom. The summed E-state index contributed by atoms with van der Waals surface area (Å²) in [6.07, 6.45) is 1.23. The van der Waals surface area contributed by atoms with Crippen LogP contribution in [0.25, 0.3) is 0 Å². The molecule has 0 amide bonds. The first-order valence-electron chi connectivity index (χ1n) is 17.8. The first kappa shape index (κ1) is 46.5. The Morgan fingerprint density at radius 1 is 0.458 bits per heavy atom. The van der Waals surface area contributed by atoms with Crippen LogP contribution in [0.1, 0.15) is 114 Å². The smallest absolute Gasteiger partial charge is 0.342 e. The molecule has 14 heteroatoms. The number of ether oxygens (including phenoxy) is 10. The van der Waals surface area contributed by atoms with Crippen molar-refractivity contribution in [3.8, 4) is 0 Å². The zero-order valence-electron chi connectivity index (χ0n) is 31.3. The zero-order chi connectivity index (χ0) is 36.7. The van der Waals surface area contributed by atoms with Gasteiger partial charge in [0.2, 0.25) is 0 Å². The summed E-state index contributed by atoms with van der Waals surface area (Å²) in [5.41, 5.74) is -2.53. The monoisotopic (exact) mass is 698 g/mol. The molecule has 286 valence electrons. The lowest BCUT2D eigenvalue weighted by molar-refractivity contribution is -0.573. The first-order valence-corrected chi connectivity index (χ1v) is 17.8. The third-order valence-electron chi connectivity index (χ3n) is 7.46. The van der Waals surface area contributed by atoms with Crippen molar-refractivity contribution in [2.45, 2.75) is 138 Å². The zero-order valence-corrected chi connectivity index (χ0v) is 31.3. The van der Waals surface area contributed by atoms with Gasteiger partial charge in [-0.15, -0.1) is 0 Å². The van der Waals surface area contributed by atoms with Crippen LogP contribution in [0.5, 0.6) is 0 Å². The molecule has 0 saturated carbocycles. The number of hydrogen-bond acceptors (Lipinski definition) is 12. The summed E-state index contributed by atoms with van der Waals surface area (Å²) in [6.45, 7) is 17.2. The van der Waals surface area contributed by atoms with Crippen LogP contribution in [0.3, 0.4) is 0 Å². The molecule has 0 bridgehead atoms. The standard InChI is InChI=1S/C34H66O14/c1-11-26-47-31(39-13-3,33(41-15-5,42-16-6)43-17-7)30(29(37)38,25-23-21-22-24-28(35)36)32(40-14-4,48-27-12-2)34(44-18-8,45-19-9)46-20-10/h11-27H2,1-10H3,(H,35,36)(H,37,38). The van der Waals surface area contributed by atoms with Gasteiger partial charge in [0.05, 0.1) is 13.2 Å². The highest BCUT2D eigenvalue weighted by molar-refractivity contribution is 5.78. The Hall–Kier alpha value is -1.46. The summed E-state index contributed by atoms with van der Waals surface area (Å²) in [5.74, 6) is -12.1. The fraction of sp³-hybridized carbons (Fsp3) is 0.941. The molecule has 0 heterocycles. The summed E-state index contributed by atoms with van der Waals surface area (Å²) in [7, 11) is 0. The summed E-state index contributed by atoms with van der Waals surface area (Å²) >= 11 is 0. The van der Waals surface area contributed by atoms with Crippen molar-refractivity contribution in [2.75, 3.05) is 66.1 Å². The van der Waals surface area contributed by atoms with Crippen molar-refractivity contribution >= 4 is 11.9 Å². The van der Waals surface area contributed by atoms with Gasteiger partial charge in [0.15, 0.2) is 5.41 Å². The van der Waals surface area contributed by atoms with Gasteiger partial charge < -0.3 is 57.6 Å². The van der Waals surface area contributed by atoms with Crippen LogP contribution >= 0.6 is 0 Å². The molecular weight excluding hydrogens is 632 g/mol. The van der Waals surface area contributed by atoms with Gasteiger partial charge in [-0.2, -0.15) is 0 Å². The van der Waals surface area contributed by atoms with Crippen molar-refractivity contribution < 1.29 is 67.2 Å². The Balaban J connectivity index is 9.04. The first-order chi connectivity index (χ1) is 23.0. The van der Waals surface area contributed by atoms with E-state index in [1.165, 1.54) is 0 Å². The molecule has 0 aliphatic heterocycles. The minimum absolute atomic E-state index is 0.00357. The van der Waals surface area contributed by atoms with E-state index in [2.05, 4.69) is 0 Å². The third-order valence-corrected chi connectivity index (χ3v) is 7.46. The molecule has 0 fully saturated rings. The Labute approximate surface area is 288 Å². The molecule has 0 radical (unpaired) electrons. The molecule has 2 atom stereocenters. The van der Waals surface area contributed by atoms with Crippen LogP contribution in [0.15, 0.2) is 0 Å². The molecular formula is C34H66O14. The molecule has 0 aromatic heterocycles. The van der Waals surface area contributed by atoms with Crippen LogP contribution in [-0.2, 0) is 57.0 Å². The molecule has 0 aliphatic rings. The molecule has 0 aromatic rings. The van der Waals surface area contributed by atoms with Crippen LogP contribution < -0.4 is 0 Å². The molecule has 48 heavy (non-hydrogen) atoms. The van der Waals surface area contributed by atoms with Gasteiger partial charge in [0.1, 0.15) is 0 Å². The van der Waals surface area contributed by atoms with Gasteiger partial charge in [-0.1, -0.05) is 26.7 Å². The van der Waals surface area contributed by atoms with Crippen molar-refractivity contribution in [1.82, 2.24) is 0 Å². The van der Waals surface area contributed by atoms with Crippen molar-refractivity contribution in [2.24, 2.45) is 5.41 Å². The van der Waals surface area contributed by atoms with E-state index in [1.54, 1.807) is 55.4 Å². The second kappa shape index (κ2) is 23.9. The predicted molar refractivity (Wildman–Crippen MR) is 177 cm³/mol. The fourth-order valence-electron chi connectivity index (χ4n) is 6.09. The van der Waals surface area contributed by atoms with Gasteiger partial charge in [-0.25, -0.2) is 0 Å². The van der Waals surface area contributed by atoms with Crippen LogP contribution in [-0.4, -0.2) is 112 Å². The number of rotatable bonds is 33. The van der Waals surface area contributed by atoms with E-state index in [0.29, 0.717) is 19.3 Å². The SMILES string of the molecule is CCCOC(OCC)(C(OCC)(OCC)OCC)C(CCCCCC(=O)O)(C(=O)O)C(OCC)(OCCC)C(OCC)(OCC)OCC. The normalized spacial score (nSPS) is 16.3. The van der Waals surface area contributed by atoms with Crippen molar-refractivity contribution in [1.29, 1.82) is 0 Å². The minimum Gasteiger partial charge on any atom is -0.481 e. The van der Waals surface area contributed by atoms with E-state index >= 15 is 0 Å². The van der Waals surface area contributed by atoms with Crippen molar-refractivity contribution in [3.05, 3.63) is 0 Å². The molecule has 2 unspecified atom stereocenters. The van der Waals surface area contributed by atoms with Gasteiger partial charge in [0, 0.05) is 59.3 Å². The molecule has 0 aliphatic carbocycles. The van der Waals surface area contributed by atoms with E-state index in [4.69, 9.17) is 47.4 Å². The maximum atomic E-state index is 14.7. The topological polar surface area (TPSA) is 167 Å². The lowest BCUT2D eigenvalue weighted by Gasteiger charge is -2.62. The lowest BCUT2D eigenvalue weighted by Crippen LogP contribution is -2.83. The Morgan fingerprint density at radius 3 is 1.04 bits per heavy atom. The number of carbonyl (C=O) groups is 2. The fourth-order valence-corrected chi connectivity index (χ4v) is 6.09. The Kier molecular flexibility index (Phi) is 23.1. The maximum Gasteiger partial charge on any atom is 0.342 e. The summed E-state index contributed by atoms with van der Waals surface area (Å²) in [4.78, 5) is 26.1. The van der Waals surface area contributed by atoms with Crippen LogP contribution in [0, 0.1) is 5.41 Å². The number of unbranched alkanes of at least 4 members (excludes halogenated alkanes) is 2. The second-order valence-electron chi connectivity index (χ2n) is 10.7. The number of carboxylic acid groups (broad SMARTS) is 2. The number of hydrogen-bond donors (Lipinski definition) is 2. The minimum atomic E-state index is -2.53. The average molecular weight is 699 g/mol. The highest BCUT2D eigenvalue weighted by Crippen LogP contribution is 2.61. The second-order valence-corrected chi connectivity index (χ2v) is 10.7. The Bertz CT molecular complexity index is 789. The van der Waals surface area contributed by atoms with Crippen molar-refractivity contribution in [3.63, 3.8) is 0 Å². The molecule has 2 N–H and O–H groups in total. The van der Waals surface area contributed by atoms with Crippen LogP contribution in [0.2, 0.25) is 0 Å². The molecule has 0 saturated heterocycles. The van der Waals surface area contributed by atoms with Gasteiger partial charge in [0.25, 0.3) is 11.6 Å². The summed E-state index contributed by atoms with van der Waals surface area (Å²) < 4.78 is 64.8. The number of carboxylic acids is 2. The van der Waals surface area contributed by atoms with E-state index in [0.717, 1.165) is 0 Å². The molecule has 14 nitrogen and oxygen atoms in total. The summed E-state index contributed by atoms with van der Waals surface area (Å²) in [6, 6.07) is 0. The van der Waals surface area contributed by atoms with E-state index in [1.807, 2.05) is 13.8 Å². The molecule has 0 rings (SSSR count). The average Bonchev–Trinajstić information content (AvgIpc) is 3.03.